The maximum atomic E-state index is 11.8. The molecule has 1 amide bonds. The Morgan fingerprint density at radius 3 is 2.42 bits per heavy atom. The minimum Gasteiger partial charge on any atom is -0.365 e. The molecule has 1 fully saturated rings. The van der Waals surface area contributed by atoms with Crippen molar-refractivity contribution in [3.05, 3.63) is 41.0 Å². The summed E-state index contributed by atoms with van der Waals surface area (Å²) in [7, 11) is 2.00. The number of hydrogen-bond donors (Lipinski definition) is 3. The standard InChI is InChI=1S/C17H22ClN5O.CHN/c1-20-12-6-8-14(9-7-12)23-10-15(16(19)24)17(22-23)21-13-4-2-11(18)3-5-13;1-2/h2-5,10,12,14,20H,6-9H2,1H3,(H2,19,24)(H,21,22);1H. The number of nitrogens with one attached hydrogen (secondary N) is 2. The number of aromatic nitrogens is 2. The summed E-state index contributed by atoms with van der Waals surface area (Å²) in [6.45, 7) is 3.50. The van der Waals surface area contributed by atoms with Crippen LogP contribution < -0.4 is 16.4 Å². The van der Waals surface area contributed by atoms with Crippen LogP contribution in [0.15, 0.2) is 30.5 Å². The van der Waals surface area contributed by atoms with Gasteiger partial charge < -0.3 is 16.4 Å². The molecule has 0 atom stereocenters. The lowest BCUT2D eigenvalue weighted by molar-refractivity contribution is 0.100. The molecule has 1 aliphatic carbocycles. The van der Waals surface area contributed by atoms with Gasteiger partial charge in [-0.05, 0) is 57.0 Å². The molecule has 26 heavy (non-hydrogen) atoms. The third-order valence-corrected chi connectivity index (χ3v) is 4.84. The second-order valence-corrected chi connectivity index (χ2v) is 6.60. The van der Waals surface area contributed by atoms with Crippen LogP contribution in [0.25, 0.3) is 0 Å². The van der Waals surface area contributed by atoms with Crippen LogP contribution >= 0.6 is 11.6 Å². The Labute approximate surface area is 158 Å². The third kappa shape index (κ3) is 4.75. The van der Waals surface area contributed by atoms with Crippen molar-refractivity contribution in [3.8, 4) is 6.57 Å². The van der Waals surface area contributed by atoms with E-state index in [-0.39, 0.29) is 0 Å². The number of nitrogens with zero attached hydrogens (tertiary/aromatic N) is 3. The average Bonchev–Trinajstić information content (AvgIpc) is 3.09. The molecule has 7 nitrogen and oxygen atoms in total. The number of rotatable bonds is 5. The second-order valence-electron chi connectivity index (χ2n) is 6.16. The van der Waals surface area contributed by atoms with Gasteiger partial charge in [0, 0.05) is 29.5 Å². The van der Waals surface area contributed by atoms with Crippen LogP contribution in [0.3, 0.4) is 0 Å². The monoisotopic (exact) mass is 374 g/mol. The SMILES string of the molecule is C#N.CNC1CCC(n2cc(C(N)=O)c(Nc3ccc(Cl)cc3)n2)CC1. The molecule has 4 N–H and O–H groups in total. The molecule has 0 saturated heterocycles. The van der Waals surface area contributed by atoms with Gasteiger partial charge in [-0.3, -0.25) is 9.48 Å². The maximum absolute atomic E-state index is 11.8. The first-order valence-corrected chi connectivity index (χ1v) is 8.79. The predicted molar refractivity (Wildman–Crippen MR) is 103 cm³/mol. The van der Waals surface area contributed by atoms with Gasteiger partial charge in [0.05, 0.1) is 6.04 Å². The van der Waals surface area contributed by atoms with Crippen molar-refractivity contribution in [2.75, 3.05) is 12.4 Å². The average molecular weight is 375 g/mol. The van der Waals surface area contributed by atoms with Crippen LogP contribution in [0.2, 0.25) is 5.02 Å². The molecule has 0 bridgehead atoms. The van der Waals surface area contributed by atoms with Gasteiger partial charge in [-0.15, -0.1) is 0 Å². The van der Waals surface area contributed by atoms with Gasteiger partial charge in [0.25, 0.3) is 5.91 Å². The van der Waals surface area contributed by atoms with Crippen molar-refractivity contribution < 1.29 is 4.79 Å². The van der Waals surface area contributed by atoms with Gasteiger partial charge in [0.15, 0.2) is 5.82 Å². The van der Waals surface area contributed by atoms with E-state index in [0.717, 1.165) is 31.4 Å². The summed E-state index contributed by atoms with van der Waals surface area (Å²) in [6, 6.07) is 8.11. The van der Waals surface area contributed by atoms with Gasteiger partial charge in [-0.2, -0.15) is 5.10 Å². The van der Waals surface area contributed by atoms with Crippen molar-refractivity contribution in [3.63, 3.8) is 0 Å². The Morgan fingerprint density at radius 1 is 1.27 bits per heavy atom. The van der Waals surface area contributed by atoms with Crippen molar-refractivity contribution in [2.45, 2.75) is 37.8 Å². The zero-order valence-corrected chi connectivity index (χ0v) is 15.4. The van der Waals surface area contributed by atoms with Crippen molar-refractivity contribution >= 4 is 29.0 Å². The van der Waals surface area contributed by atoms with Crippen LogP contribution in [0.1, 0.15) is 42.1 Å². The van der Waals surface area contributed by atoms with E-state index in [9.17, 15) is 4.79 Å². The molecule has 3 rings (SSSR count). The number of carbonyl (C=O) groups is 1. The summed E-state index contributed by atoms with van der Waals surface area (Å²) in [5.41, 5.74) is 6.73. The predicted octanol–water partition coefficient (Wildman–Crippen LogP) is 3.22. The summed E-state index contributed by atoms with van der Waals surface area (Å²) >= 11 is 5.90. The highest BCUT2D eigenvalue weighted by atomic mass is 35.5. The molecule has 1 aliphatic rings. The fraction of sp³-hybridized carbons (Fsp3) is 0.389. The van der Waals surface area contributed by atoms with E-state index in [1.54, 1.807) is 18.3 Å². The Hall–Kier alpha value is -2.56. The number of amides is 1. The van der Waals surface area contributed by atoms with Gasteiger partial charge >= 0.3 is 0 Å². The molecule has 1 heterocycles. The number of nitriles is 1. The summed E-state index contributed by atoms with van der Waals surface area (Å²) in [4.78, 5) is 11.8. The van der Waals surface area contributed by atoms with E-state index in [4.69, 9.17) is 22.6 Å². The van der Waals surface area contributed by atoms with E-state index in [1.165, 1.54) is 0 Å². The molecule has 0 aliphatic heterocycles. The topological polar surface area (TPSA) is 109 Å². The highest BCUT2D eigenvalue weighted by Gasteiger charge is 2.24. The summed E-state index contributed by atoms with van der Waals surface area (Å²) in [6.07, 6.45) is 6.03. The molecule has 1 aromatic carbocycles. The molecule has 0 unspecified atom stereocenters. The van der Waals surface area contributed by atoms with Crippen molar-refractivity contribution in [1.82, 2.24) is 15.1 Å². The first-order chi connectivity index (χ1) is 12.6. The number of hydrogen-bond acceptors (Lipinski definition) is 5. The van der Waals surface area contributed by atoms with Crippen molar-refractivity contribution in [1.29, 1.82) is 5.26 Å². The largest absolute Gasteiger partial charge is 0.365 e. The maximum Gasteiger partial charge on any atom is 0.254 e. The normalized spacial score (nSPS) is 19.2. The van der Waals surface area contributed by atoms with E-state index in [0.29, 0.717) is 28.5 Å². The second kappa shape index (κ2) is 9.22. The number of nitrogens with two attached hydrogens (primary N) is 1. The van der Waals surface area contributed by atoms with Crippen LogP contribution in [0.4, 0.5) is 11.5 Å². The minimum absolute atomic E-state index is 0.300. The molecule has 0 spiro atoms. The van der Waals surface area contributed by atoms with Crippen molar-refractivity contribution in [2.24, 2.45) is 5.73 Å². The molecule has 1 saturated carbocycles. The van der Waals surface area contributed by atoms with E-state index < -0.39 is 5.91 Å². The Kier molecular flexibility index (Phi) is 7.01. The highest BCUT2D eigenvalue weighted by molar-refractivity contribution is 6.30. The summed E-state index contributed by atoms with van der Waals surface area (Å²) < 4.78 is 1.88. The Bertz CT molecular complexity index is 747. The van der Waals surface area contributed by atoms with Crippen LogP contribution in [-0.2, 0) is 0 Å². The number of anilines is 2. The van der Waals surface area contributed by atoms with Crippen LogP contribution in [0, 0.1) is 11.8 Å². The smallest absolute Gasteiger partial charge is 0.254 e. The quantitative estimate of drug-likeness (QED) is 0.744. The van der Waals surface area contributed by atoms with Gasteiger partial charge in [-0.1, -0.05) is 11.6 Å². The lowest BCUT2D eigenvalue weighted by Crippen LogP contribution is -2.31. The summed E-state index contributed by atoms with van der Waals surface area (Å²) in [5, 5.41) is 18.2. The zero-order valence-electron chi connectivity index (χ0n) is 14.7. The molecular formula is C18H23ClN6O. The van der Waals surface area contributed by atoms with Crippen LogP contribution in [-0.4, -0.2) is 28.8 Å². The molecule has 8 heteroatoms. The molecule has 2 aromatic rings. The zero-order chi connectivity index (χ0) is 19.1. The van der Waals surface area contributed by atoms with E-state index in [2.05, 4.69) is 22.3 Å². The van der Waals surface area contributed by atoms with Gasteiger partial charge in [0.1, 0.15) is 5.56 Å². The Balaban J connectivity index is 0.00000117. The van der Waals surface area contributed by atoms with Crippen LogP contribution in [0.5, 0.6) is 0 Å². The number of benzene rings is 1. The lowest BCUT2D eigenvalue weighted by atomic mass is 9.91. The minimum atomic E-state index is -0.485. The fourth-order valence-corrected chi connectivity index (χ4v) is 3.28. The molecule has 1 aromatic heterocycles. The molecule has 138 valence electrons. The van der Waals surface area contributed by atoms with Gasteiger partial charge in [0.2, 0.25) is 0 Å². The van der Waals surface area contributed by atoms with Gasteiger partial charge in [-0.25, -0.2) is 5.26 Å². The first kappa shape index (κ1) is 19.8. The summed E-state index contributed by atoms with van der Waals surface area (Å²) in [5.74, 6) is 0.00202. The lowest BCUT2D eigenvalue weighted by Gasteiger charge is -2.28. The van der Waals surface area contributed by atoms with E-state index in [1.807, 2.05) is 23.9 Å². The Morgan fingerprint density at radius 2 is 1.88 bits per heavy atom. The molecular weight excluding hydrogens is 352 g/mol. The third-order valence-electron chi connectivity index (χ3n) is 4.58. The first-order valence-electron chi connectivity index (χ1n) is 8.41. The highest BCUT2D eigenvalue weighted by Crippen LogP contribution is 2.30. The molecule has 0 radical (unpaired) electrons. The fourth-order valence-electron chi connectivity index (χ4n) is 3.15. The number of primary amides is 1. The number of carbonyl (C=O) groups excluding carboxylic acids is 1. The van der Waals surface area contributed by atoms with E-state index >= 15 is 0 Å². The number of halogens is 1.